The van der Waals surface area contributed by atoms with E-state index in [1.165, 1.54) is 42.1 Å². The summed E-state index contributed by atoms with van der Waals surface area (Å²) in [7, 11) is 0. The number of anilines is 3. The first-order valence-electron chi connectivity index (χ1n) is 19.4. The fraction of sp³-hybridized carbons (Fsp3) is 0. The van der Waals surface area contributed by atoms with Crippen LogP contribution in [0.3, 0.4) is 0 Å². The van der Waals surface area contributed by atoms with Gasteiger partial charge in [0.15, 0.2) is 5.58 Å². The summed E-state index contributed by atoms with van der Waals surface area (Å²) in [6, 6.07) is 68.7. The zero-order chi connectivity index (χ0) is 38.2. The third-order valence-corrected chi connectivity index (χ3v) is 12.4. The van der Waals surface area contributed by atoms with Gasteiger partial charge in [0.05, 0.1) is 0 Å². The fourth-order valence-electron chi connectivity index (χ4n) is 8.51. The van der Waals surface area contributed by atoms with E-state index in [-0.39, 0.29) is 0 Å². The third kappa shape index (κ3) is 5.32. The molecule has 272 valence electrons. The van der Waals surface area contributed by atoms with E-state index in [9.17, 15) is 0 Å². The van der Waals surface area contributed by atoms with Crippen LogP contribution in [0.25, 0.3) is 97.7 Å². The van der Waals surface area contributed by atoms with Crippen LogP contribution in [-0.4, -0.2) is 4.98 Å². The number of thiophene rings is 1. The molecule has 0 fully saturated rings. The highest BCUT2D eigenvalue weighted by atomic mass is 32.1. The molecule has 9 aromatic carbocycles. The number of oxazole rings is 1. The molecule has 3 heterocycles. The van der Waals surface area contributed by atoms with Crippen LogP contribution in [0.1, 0.15) is 0 Å². The minimum Gasteiger partial charge on any atom is -0.456 e. The van der Waals surface area contributed by atoms with Crippen molar-refractivity contribution < 1.29 is 8.83 Å². The number of hydrogen-bond acceptors (Lipinski definition) is 5. The molecule has 0 aliphatic heterocycles. The average Bonchev–Trinajstić information content (AvgIpc) is 4.00. The lowest BCUT2D eigenvalue weighted by Gasteiger charge is -2.26. The van der Waals surface area contributed by atoms with E-state index in [2.05, 4.69) is 163 Å². The molecule has 58 heavy (non-hydrogen) atoms. The van der Waals surface area contributed by atoms with Crippen LogP contribution in [0.5, 0.6) is 0 Å². The van der Waals surface area contributed by atoms with Crippen LogP contribution in [0.2, 0.25) is 0 Å². The van der Waals surface area contributed by atoms with Crippen molar-refractivity contribution in [1.29, 1.82) is 0 Å². The summed E-state index contributed by atoms with van der Waals surface area (Å²) >= 11 is 1.84. The molecule has 0 aliphatic carbocycles. The van der Waals surface area contributed by atoms with E-state index >= 15 is 0 Å². The van der Waals surface area contributed by atoms with E-state index in [1.807, 2.05) is 47.7 Å². The molecule has 0 aliphatic rings. The molecule has 0 amide bonds. The van der Waals surface area contributed by atoms with Crippen LogP contribution in [0.4, 0.5) is 17.1 Å². The normalized spacial score (nSPS) is 11.8. The predicted octanol–water partition coefficient (Wildman–Crippen LogP) is 15.7. The standard InChI is InChI=1S/C53H32N2O2S/c1-2-10-36-31-37(20-19-33(36)9-1)34-21-25-38(26-22-34)55(40-29-30-43-42-11-4-6-18-49(42)58-50(43)32-40)39-27-23-35(24-28-39)41-13-7-15-46-52(41)57-53(54-46)45-14-8-17-48-51(45)44-12-3-5-16-47(44)56-48/h1-32H. The highest BCUT2D eigenvalue weighted by molar-refractivity contribution is 7.25. The van der Waals surface area contributed by atoms with Gasteiger partial charge in [0.25, 0.3) is 0 Å². The van der Waals surface area contributed by atoms with Gasteiger partial charge in [0.1, 0.15) is 16.7 Å². The van der Waals surface area contributed by atoms with Gasteiger partial charge in [0.2, 0.25) is 5.89 Å². The molecule has 12 aromatic rings. The Hall–Kier alpha value is -7.47. The number of fused-ring (bicyclic) bond motifs is 8. The van der Waals surface area contributed by atoms with Crippen molar-refractivity contribution in [2.75, 3.05) is 4.90 Å². The topological polar surface area (TPSA) is 42.4 Å². The largest absolute Gasteiger partial charge is 0.456 e. The summed E-state index contributed by atoms with van der Waals surface area (Å²) in [6.45, 7) is 0. The van der Waals surface area contributed by atoms with Crippen LogP contribution in [0.15, 0.2) is 203 Å². The number of aromatic nitrogens is 1. The third-order valence-electron chi connectivity index (χ3n) is 11.3. The van der Waals surface area contributed by atoms with Gasteiger partial charge < -0.3 is 13.7 Å². The Morgan fingerprint density at radius 1 is 0.414 bits per heavy atom. The first-order valence-corrected chi connectivity index (χ1v) is 20.2. The molecule has 0 unspecified atom stereocenters. The van der Waals surface area contributed by atoms with Crippen molar-refractivity contribution in [2.45, 2.75) is 0 Å². The first kappa shape index (κ1) is 32.7. The molecule has 4 nitrogen and oxygen atoms in total. The molecule has 0 radical (unpaired) electrons. The maximum absolute atomic E-state index is 6.66. The Labute approximate surface area is 337 Å². The maximum Gasteiger partial charge on any atom is 0.228 e. The zero-order valence-corrected chi connectivity index (χ0v) is 31.9. The van der Waals surface area contributed by atoms with E-state index in [0.29, 0.717) is 5.89 Å². The quantitative estimate of drug-likeness (QED) is 0.169. The molecular formula is C53H32N2O2S. The van der Waals surface area contributed by atoms with Crippen molar-refractivity contribution in [1.82, 2.24) is 4.98 Å². The van der Waals surface area contributed by atoms with Gasteiger partial charge >= 0.3 is 0 Å². The van der Waals surface area contributed by atoms with Crippen LogP contribution in [0, 0.1) is 0 Å². The lowest BCUT2D eigenvalue weighted by atomic mass is 10.0. The Morgan fingerprint density at radius 2 is 1.07 bits per heavy atom. The van der Waals surface area contributed by atoms with Gasteiger partial charge in [-0.15, -0.1) is 11.3 Å². The van der Waals surface area contributed by atoms with Gasteiger partial charge in [0, 0.05) is 59.1 Å². The second-order valence-electron chi connectivity index (χ2n) is 14.7. The van der Waals surface area contributed by atoms with Crippen LogP contribution < -0.4 is 4.90 Å². The van der Waals surface area contributed by atoms with Crippen molar-refractivity contribution in [3.05, 3.63) is 194 Å². The summed E-state index contributed by atoms with van der Waals surface area (Å²) in [6.07, 6.45) is 0. The van der Waals surface area contributed by atoms with Crippen LogP contribution in [-0.2, 0) is 0 Å². The highest BCUT2D eigenvalue weighted by Gasteiger charge is 2.20. The average molecular weight is 761 g/mol. The van der Waals surface area contributed by atoms with Gasteiger partial charge in [-0.1, -0.05) is 121 Å². The Balaban J connectivity index is 0.946. The molecule has 12 rings (SSSR count). The molecular weight excluding hydrogens is 729 g/mol. The summed E-state index contributed by atoms with van der Waals surface area (Å²) in [5.41, 5.74) is 11.8. The zero-order valence-electron chi connectivity index (χ0n) is 31.1. The van der Waals surface area contributed by atoms with Gasteiger partial charge in [-0.05, 0) is 100 Å². The minimum atomic E-state index is 0.575. The first-order chi connectivity index (χ1) is 28.7. The van der Waals surface area contributed by atoms with Crippen LogP contribution >= 0.6 is 11.3 Å². The summed E-state index contributed by atoms with van der Waals surface area (Å²) < 4.78 is 15.4. The minimum absolute atomic E-state index is 0.575. The number of hydrogen-bond donors (Lipinski definition) is 0. The predicted molar refractivity (Wildman–Crippen MR) is 243 cm³/mol. The highest BCUT2D eigenvalue weighted by Crippen LogP contribution is 2.43. The molecule has 0 atom stereocenters. The van der Waals surface area contributed by atoms with Crippen molar-refractivity contribution in [3.63, 3.8) is 0 Å². The van der Waals surface area contributed by atoms with Crippen molar-refractivity contribution in [3.8, 4) is 33.7 Å². The monoisotopic (exact) mass is 760 g/mol. The van der Waals surface area contributed by atoms with Crippen molar-refractivity contribution in [2.24, 2.45) is 0 Å². The number of para-hydroxylation sites is 2. The maximum atomic E-state index is 6.66. The second-order valence-corrected chi connectivity index (χ2v) is 15.8. The summed E-state index contributed by atoms with van der Waals surface area (Å²) in [4.78, 5) is 7.35. The summed E-state index contributed by atoms with van der Waals surface area (Å²) in [5, 5.41) is 7.12. The molecule has 5 heteroatoms. The SMILES string of the molecule is c1ccc2cc(-c3ccc(N(c4ccc(-c5cccc6nc(-c7cccc8oc9ccccc9c78)oc56)cc4)c4ccc5c(c4)sc4ccccc45)cc3)ccc2c1. The van der Waals surface area contributed by atoms with Gasteiger partial charge in [-0.25, -0.2) is 4.98 Å². The van der Waals surface area contributed by atoms with E-state index in [1.54, 1.807) is 0 Å². The molecule has 0 bridgehead atoms. The summed E-state index contributed by atoms with van der Waals surface area (Å²) in [5.74, 6) is 0.575. The van der Waals surface area contributed by atoms with Crippen molar-refractivity contribution >= 4 is 92.4 Å². The Bertz CT molecular complexity index is 3520. The smallest absolute Gasteiger partial charge is 0.228 e. The molecule has 0 N–H and O–H groups in total. The van der Waals surface area contributed by atoms with E-state index in [4.69, 9.17) is 13.8 Å². The van der Waals surface area contributed by atoms with Gasteiger partial charge in [-0.3, -0.25) is 0 Å². The number of furan rings is 1. The number of benzene rings is 9. The van der Waals surface area contributed by atoms with E-state index < -0.39 is 0 Å². The van der Waals surface area contributed by atoms with E-state index in [0.717, 1.165) is 66.8 Å². The Morgan fingerprint density at radius 3 is 1.93 bits per heavy atom. The lowest BCUT2D eigenvalue weighted by molar-refractivity contribution is 0.621. The second kappa shape index (κ2) is 13.1. The van der Waals surface area contributed by atoms with Gasteiger partial charge in [-0.2, -0.15) is 0 Å². The molecule has 0 saturated heterocycles. The molecule has 0 saturated carbocycles. The Kier molecular flexibility index (Phi) is 7.37. The fourth-order valence-corrected chi connectivity index (χ4v) is 9.65. The molecule has 0 spiro atoms. The molecule has 3 aromatic heterocycles. The number of rotatable bonds is 6. The lowest BCUT2D eigenvalue weighted by Crippen LogP contribution is -2.09. The number of nitrogens with zero attached hydrogens (tertiary/aromatic N) is 2.